The lowest BCUT2D eigenvalue weighted by molar-refractivity contribution is -0.695. The first-order valence-electron chi connectivity index (χ1n) is 5.34. The molecule has 0 spiro atoms. The predicted octanol–water partition coefficient (Wildman–Crippen LogP) is 0.884. The van der Waals surface area contributed by atoms with Crippen molar-refractivity contribution in [1.29, 1.82) is 0 Å². The number of hydrogen-bond donors (Lipinski definition) is 1. The molecule has 1 aromatic rings. The predicted molar refractivity (Wildman–Crippen MR) is 58.5 cm³/mol. The van der Waals surface area contributed by atoms with Crippen LogP contribution >= 0.6 is 0 Å². The Hall–Kier alpha value is -1.22. The van der Waals surface area contributed by atoms with Gasteiger partial charge in [-0.05, 0) is 24.6 Å². The summed E-state index contributed by atoms with van der Waals surface area (Å²) in [6.07, 6.45) is 1.11. The molecule has 3 heteroatoms. The van der Waals surface area contributed by atoms with Gasteiger partial charge >= 0.3 is 0 Å². The molecule has 1 aliphatic heterocycles. The van der Waals surface area contributed by atoms with Crippen LogP contribution in [0.4, 0.5) is 0 Å². The van der Waals surface area contributed by atoms with Crippen molar-refractivity contribution >= 4 is 0 Å². The molecule has 1 atom stereocenters. The van der Waals surface area contributed by atoms with Gasteiger partial charge in [0.2, 0.25) is 0 Å². The van der Waals surface area contributed by atoms with E-state index >= 15 is 0 Å². The van der Waals surface area contributed by atoms with Gasteiger partial charge in [-0.1, -0.05) is 0 Å². The Morgan fingerprint density at radius 2 is 1.87 bits per heavy atom. The van der Waals surface area contributed by atoms with Crippen molar-refractivity contribution in [3.8, 4) is 11.5 Å². The molecule has 2 N–H and O–H groups in total. The van der Waals surface area contributed by atoms with E-state index in [0.717, 1.165) is 24.5 Å². The van der Waals surface area contributed by atoms with Gasteiger partial charge in [0, 0.05) is 12.0 Å². The Morgan fingerprint density at radius 1 is 1.20 bits per heavy atom. The van der Waals surface area contributed by atoms with E-state index in [1.54, 1.807) is 14.2 Å². The zero-order valence-corrected chi connectivity index (χ0v) is 9.54. The summed E-state index contributed by atoms with van der Waals surface area (Å²) >= 11 is 0. The molecular formula is C12H18NO2+. The minimum Gasteiger partial charge on any atom is -0.493 e. The fourth-order valence-corrected chi connectivity index (χ4v) is 2.19. The van der Waals surface area contributed by atoms with Crippen LogP contribution in [0.5, 0.6) is 11.5 Å². The number of ether oxygens (including phenoxy) is 2. The van der Waals surface area contributed by atoms with Crippen LogP contribution < -0.4 is 14.8 Å². The van der Waals surface area contributed by atoms with E-state index in [9.17, 15) is 0 Å². The molecule has 1 aliphatic rings. The molecule has 15 heavy (non-hydrogen) atoms. The maximum Gasteiger partial charge on any atom is 0.161 e. The summed E-state index contributed by atoms with van der Waals surface area (Å²) in [5, 5.41) is 2.36. The van der Waals surface area contributed by atoms with Gasteiger partial charge in [-0.15, -0.1) is 0 Å². The molecule has 1 heterocycles. The molecule has 2 rings (SSSR count). The van der Waals surface area contributed by atoms with E-state index in [4.69, 9.17) is 9.47 Å². The summed E-state index contributed by atoms with van der Waals surface area (Å²) in [6.45, 7) is 3.38. The van der Waals surface area contributed by atoms with Crippen molar-refractivity contribution in [1.82, 2.24) is 0 Å². The summed E-state index contributed by atoms with van der Waals surface area (Å²) in [5.41, 5.74) is 2.77. The minimum atomic E-state index is 0.522. The van der Waals surface area contributed by atoms with E-state index in [1.165, 1.54) is 11.1 Å². The Morgan fingerprint density at radius 3 is 2.53 bits per heavy atom. The molecule has 0 saturated heterocycles. The first-order chi connectivity index (χ1) is 7.26. The Bertz CT molecular complexity index is 363. The van der Waals surface area contributed by atoms with Crippen LogP contribution in [0.3, 0.4) is 0 Å². The molecule has 1 aromatic carbocycles. The van der Waals surface area contributed by atoms with Gasteiger partial charge in [0.1, 0.15) is 6.04 Å². The summed E-state index contributed by atoms with van der Waals surface area (Å²) < 4.78 is 10.6. The van der Waals surface area contributed by atoms with Gasteiger partial charge < -0.3 is 14.8 Å². The summed E-state index contributed by atoms with van der Waals surface area (Å²) in [6, 6.07) is 4.74. The highest BCUT2D eigenvalue weighted by Gasteiger charge is 2.21. The van der Waals surface area contributed by atoms with Crippen molar-refractivity contribution in [2.24, 2.45) is 0 Å². The van der Waals surface area contributed by atoms with Crippen LogP contribution in [0.25, 0.3) is 0 Å². The van der Waals surface area contributed by atoms with Crippen LogP contribution in [0, 0.1) is 0 Å². The third-order valence-electron chi connectivity index (χ3n) is 3.07. The Balaban J connectivity index is 2.48. The molecule has 3 nitrogen and oxygen atoms in total. The highest BCUT2D eigenvalue weighted by Crippen LogP contribution is 2.33. The van der Waals surface area contributed by atoms with E-state index in [0.29, 0.717) is 6.04 Å². The average molecular weight is 208 g/mol. The standard InChI is InChI=1S/C12H17NO2/c1-8-10-7-12(15-3)11(14-2)6-9(10)4-5-13-8/h6-8,13H,4-5H2,1-3H3/p+1. The quantitative estimate of drug-likeness (QED) is 0.783. The average Bonchev–Trinajstić information content (AvgIpc) is 2.28. The number of fused-ring (bicyclic) bond motifs is 1. The number of rotatable bonds is 2. The lowest BCUT2D eigenvalue weighted by Crippen LogP contribution is -2.86. The molecule has 82 valence electrons. The second kappa shape index (κ2) is 4.11. The lowest BCUT2D eigenvalue weighted by Gasteiger charge is -2.22. The molecule has 0 radical (unpaired) electrons. The fraction of sp³-hybridized carbons (Fsp3) is 0.500. The largest absolute Gasteiger partial charge is 0.493 e. The van der Waals surface area contributed by atoms with E-state index in [-0.39, 0.29) is 0 Å². The van der Waals surface area contributed by atoms with Crippen molar-refractivity contribution in [2.45, 2.75) is 19.4 Å². The van der Waals surface area contributed by atoms with Crippen LogP contribution in [-0.4, -0.2) is 20.8 Å². The second-order valence-electron chi connectivity index (χ2n) is 3.97. The van der Waals surface area contributed by atoms with Crippen molar-refractivity contribution in [2.75, 3.05) is 20.8 Å². The van der Waals surface area contributed by atoms with Gasteiger partial charge in [-0.25, -0.2) is 0 Å². The smallest absolute Gasteiger partial charge is 0.161 e. The number of nitrogens with two attached hydrogens (primary N) is 1. The molecule has 0 amide bonds. The zero-order chi connectivity index (χ0) is 10.8. The van der Waals surface area contributed by atoms with Crippen LogP contribution in [0.1, 0.15) is 24.1 Å². The summed E-state index contributed by atoms with van der Waals surface area (Å²) in [5.74, 6) is 1.67. The van der Waals surface area contributed by atoms with Gasteiger partial charge in [0.05, 0.1) is 20.8 Å². The van der Waals surface area contributed by atoms with Gasteiger partial charge in [-0.3, -0.25) is 0 Å². The summed E-state index contributed by atoms with van der Waals surface area (Å²) in [7, 11) is 3.37. The number of benzene rings is 1. The Labute approximate surface area is 90.4 Å². The van der Waals surface area contributed by atoms with Gasteiger partial charge in [-0.2, -0.15) is 0 Å². The first kappa shape index (κ1) is 10.3. The summed E-state index contributed by atoms with van der Waals surface area (Å²) in [4.78, 5) is 0. The normalized spacial score (nSPS) is 19.5. The minimum absolute atomic E-state index is 0.522. The van der Waals surface area contributed by atoms with Crippen LogP contribution in [0.2, 0.25) is 0 Å². The van der Waals surface area contributed by atoms with Gasteiger partial charge in [0.25, 0.3) is 0 Å². The third kappa shape index (κ3) is 1.79. The molecular weight excluding hydrogens is 190 g/mol. The molecule has 0 bridgehead atoms. The van der Waals surface area contributed by atoms with E-state index < -0.39 is 0 Å². The fourth-order valence-electron chi connectivity index (χ4n) is 2.19. The maximum absolute atomic E-state index is 5.31. The first-order valence-corrected chi connectivity index (χ1v) is 5.34. The second-order valence-corrected chi connectivity index (χ2v) is 3.97. The lowest BCUT2D eigenvalue weighted by atomic mass is 9.94. The van der Waals surface area contributed by atoms with E-state index in [2.05, 4.69) is 24.4 Å². The molecule has 0 saturated carbocycles. The number of hydrogen-bond acceptors (Lipinski definition) is 2. The molecule has 0 fully saturated rings. The maximum atomic E-state index is 5.31. The monoisotopic (exact) mass is 208 g/mol. The highest BCUT2D eigenvalue weighted by atomic mass is 16.5. The number of quaternary nitrogens is 1. The highest BCUT2D eigenvalue weighted by molar-refractivity contribution is 5.48. The zero-order valence-electron chi connectivity index (χ0n) is 9.54. The molecule has 0 aliphatic carbocycles. The SMILES string of the molecule is COc1cc2c(cc1OC)C(C)[NH2+]CC2. The number of methoxy groups -OCH3 is 2. The van der Waals surface area contributed by atoms with E-state index in [1.807, 2.05) is 0 Å². The van der Waals surface area contributed by atoms with Crippen molar-refractivity contribution in [3.63, 3.8) is 0 Å². The van der Waals surface area contributed by atoms with Gasteiger partial charge in [0.15, 0.2) is 11.5 Å². The third-order valence-corrected chi connectivity index (χ3v) is 3.07. The molecule has 1 unspecified atom stereocenters. The van der Waals surface area contributed by atoms with Crippen LogP contribution in [-0.2, 0) is 6.42 Å². The Kier molecular flexibility index (Phi) is 2.82. The van der Waals surface area contributed by atoms with Crippen molar-refractivity contribution < 1.29 is 14.8 Å². The topological polar surface area (TPSA) is 35.1 Å². The molecule has 0 aromatic heterocycles. The van der Waals surface area contributed by atoms with Crippen LogP contribution in [0.15, 0.2) is 12.1 Å². The van der Waals surface area contributed by atoms with Crippen molar-refractivity contribution in [3.05, 3.63) is 23.3 Å².